The number of anilines is 1. The van der Waals surface area contributed by atoms with Crippen LogP contribution in [-0.4, -0.2) is 15.8 Å². The Labute approximate surface area is 146 Å². The summed E-state index contributed by atoms with van der Waals surface area (Å²) in [5.41, 5.74) is 1.39. The number of aromatic nitrogens is 1. The molecule has 0 fully saturated rings. The minimum absolute atomic E-state index is 0.142. The maximum Gasteiger partial charge on any atom is 0.312 e. The van der Waals surface area contributed by atoms with E-state index in [1.54, 1.807) is 24.3 Å². The molecule has 1 aromatic carbocycles. The zero-order valence-corrected chi connectivity index (χ0v) is 13.8. The zero-order valence-electron chi connectivity index (χ0n) is 13.0. The molecule has 0 aliphatic carbocycles. The zero-order chi connectivity index (χ0) is 18.0. The molecule has 0 atom stereocenters. The van der Waals surface area contributed by atoms with Gasteiger partial charge in [0, 0.05) is 19.3 Å². The van der Waals surface area contributed by atoms with Gasteiger partial charge >= 0.3 is 5.69 Å². The van der Waals surface area contributed by atoms with Gasteiger partial charge in [-0.1, -0.05) is 12.1 Å². The summed E-state index contributed by atoms with van der Waals surface area (Å²) in [4.78, 5) is 27.1. The molecule has 0 radical (unpaired) electrons. The van der Waals surface area contributed by atoms with Crippen LogP contribution >= 0.6 is 11.3 Å². The topological polar surface area (TPSA) is 85.1 Å². The Balaban J connectivity index is 2.31. The second kappa shape index (κ2) is 6.78. The van der Waals surface area contributed by atoms with Gasteiger partial charge in [0.25, 0.3) is 0 Å². The molecule has 0 saturated heterocycles. The molecule has 0 saturated carbocycles. The number of nitrogens with one attached hydrogen (secondary N) is 1. The third-order valence-corrected chi connectivity index (χ3v) is 4.57. The van der Waals surface area contributed by atoms with Crippen molar-refractivity contribution in [2.75, 3.05) is 5.32 Å². The Hall–Kier alpha value is -3.13. The number of thiophene rings is 1. The van der Waals surface area contributed by atoms with Crippen LogP contribution in [0.15, 0.2) is 48.8 Å². The first-order chi connectivity index (χ1) is 12.0. The van der Waals surface area contributed by atoms with E-state index in [0.717, 1.165) is 11.3 Å². The van der Waals surface area contributed by atoms with Crippen molar-refractivity contribution >= 4 is 27.9 Å². The molecular formula is C17H12FN3O3S. The highest BCUT2D eigenvalue weighted by Crippen LogP contribution is 2.50. The molecule has 2 heterocycles. The predicted octanol–water partition coefficient (Wildman–Crippen LogP) is 4.48. The van der Waals surface area contributed by atoms with Crippen molar-refractivity contribution in [3.05, 3.63) is 64.7 Å². The van der Waals surface area contributed by atoms with Gasteiger partial charge in [-0.25, -0.2) is 4.39 Å². The number of halogens is 1. The molecule has 0 spiro atoms. The molecule has 3 rings (SSSR count). The molecule has 1 N–H and O–H groups in total. The molecule has 1 amide bonds. The highest BCUT2D eigenvalue weighted by molar-refractivity contribution is 7.21. The van der Waals surface area contributed by atoms with Crippen LogP contribution in [-0.2, 0) is 4.79 Å². The smallest absolute Gasteiger partial charge is 0.312 e. The van der Waals surface area contributed by atoms with Crippen LogP contribution in [0, 0.1) is 15.9 Å². The van der Waals surface area contributed by atoms with Gasteiger partial charge in [-0.3, -0.25) is 19.9 Å². The van der Waals surface area contributed by atoms with E-state index in [2.05, 4.69) is 10.3 Å². The molecule has 0 aliphatic heterocycles. The predicted molar refractivity (Wildman–Crippen MR) is 93.9 cm³/mol. The first-order valence-electron chi connectivity index (χ1n) is 7.22. The lowest BCUT2D eigenvalue weighted by Crippen LogP contribution is -2.06. The van der Waals surface area contributed by atoms with Gasteiger partial charge < -0.3 is 5.32 Å². The minimum atomic E-state index is -0.523. The summed E-state index contributed by atoms with van der Waals surface area (Å²) in [7, 11) is 0. The summed E-state index contributed by atoms with van der Waals surface area (Å²) in [6, 6.07) is 8.98. The molecule has 8 heteroatoms. The van der Waals surface area contributed by atoms with Crippen LogP contribution in [0.4, 0.5) is 15.1 Å². The lowest BCUT2D eigenvalue weighted by atomic mass is 10.0. The van der Waals surface area contributed by atoms with Gasteiger partial charge in [0.05, 0.1) is 15.4 Å². The molecule has 3 aromatic rings. The molecule has 126 valence electrons. The quantitative estimate of drug-likeness (QED) is 0.551. The lowest BCUT2D eigenvalue weighted by molar-refractivity contribution is -0.382. The first kappa shape index (κ1) is 16.7. The van der Waals surface area contributed by atoms with Gasteiger partial charge in [0.2, 0.25) is 5.91 Å². The van der Waals surface area contributed by atoms with Crippen LogP contribution in [0.3, 0.4) is 0 Å². The van der Waals surface area contributed by atoms with E-state index < -0.39 is 16.6 Å². The number of rotatable bonds is 4. The maximum absolute atomic E-state index is 13.2. The summed E-state index contributed by atoms with van der Waals surface area (Å²) in [5, 5.41) is 14.3. The van der Waals surface area contributed by atoms with E-state index in [1.807, 2.05) is 0 Å². The van der Waals surface area contributed by atoms with Crippen LogP contribution in [0.2, 0.25) is 0 Å². The van der Waals surface area contributed by atoms with Crippen molar-refractivity contribution in [2.24, 2.45) is 0 Å². The number of carbonyl (C=O) groups is 1. The monoisotopic (exact) mass is 357 g/mol. The molecule has 0 unspecified atom stereocenters. The van der Waals surface area contributed by atoms with Crippen molar-refractivity contribution in [2.45, 2.75) is 6.92 Å². The molecule has 6 nitrogen and oxygen atoms in total. The lowest BCUT2D eigenvalue weighted by Gasteiger charge is -2.04. The number of benzene rings is 1. The van der Waals surface area contributed by atoms with E-state index in [0.29, 0.717) is 21.6 Å². The largest absolute Gasteiger partial charge is 0.312 e. The number of hydrogen-bond acceptors (Lipinski definition) is 5. The van der Waals surface area contributed by atoms with Crippen LogP contribution in [0.5, 0.6) is 0 Å². The van der Waals surface area contributed by atoms with Gasteiger partial charge in [-0.2, -0.15) is 0 Å². The van der Waals surface area contributed by atoms with E-state index in [1.165, 1.54) is 31.5 Å². The maximum atomic E-state index is 13.2. The van der Waals surface area contributed by atoms with Crippen molar-refractivity contribution in [3.8, 4) is 21.6 Å². The SMILES string of the molecule is CC(=O)Nc1sc(-c2ccc(F)cc2)c(-c2ccncc2)c1[N+](=O)[O-]. The number of amides is 1. The third-order valence-electron chi connectivity index (χ3n) is 3.43. The number of carbonyl (C=O) groups excluding carboxylic acids is 1. The Bertz CT molecular complexity index is 940. The van der Waals surface area contributed by atoms with Crippen molar-refractivity contribution in [3.63, 3.8) is 0 Å². The van der Waals surface area contributed by atoms with E-state index in [9.17, 15) is 19.3 Å². The Morgan fingerprint density at radius 3 is 2.36 bits per heavy atom. The fourth-order valence-electron chi connectivity index (χ4n) is 2.43. The first-order valence-corrected chi connectivity index (χ1v) is 8.04. The second-order valence-electron chi connectivity index (χ2n) is 5.16. The van der Waals surface area contributed by atoms with Crippen LogP contribution < -0.4 is 5.32 Å². The van der Waals surface area contributed by atoms with Gasteiger partial charge in [0.1, 0.15) is 5.82 Å². The summed E-state index contributed by atoms with van der Waals surface area (Å²) >= 11 is 1.08. The molecule has 2 aromatic heterocycles. The summed E-state index contributed by atoms with van der Waals surface area (Å²) in [5.74, 6) is -0.807. The van der Waals surface area contributed by atoms with Crippen molar-refractivity contribution in [1.29, 1.82) is 0 Å². The number of nitro groups is 1. The van der Waals surface area contributed by atoms with E-state index >= 15 is 0 Å². The average Bonchev–Trinajstić information content (AvgIpc) is 2.95. The van der Waals surface area contributed by atoms with E-state index in [4.69, 9.17) is 0 Å². The summed E-state index contributed by atoms with van der Waals surface area (Å²) < 4.78 is 13.2. The molecule has 0 bridgehead atoms. The van der Waals surface area contributed by atoms with Gasteiger partial charge in [-0.15, -0.1) is 11.3 Å². The summed E-state index contributed by atoms with van der Waals surface area (Å²) in [6.07, 6.45) is 3.06. The molecule has 0 aliphatic rings. The van der Waals surface area contributed by atoms with Crippen LogP contribution in [0.1, 0.15) is 6.92 Å². The molecular weight excluding hydrogens is 345 g/mol. The standard InChI is InChI=1S/C17H12FN3O3S/c1-10(22)20-17-15(21(23)24)14(11-6-8-19-9-7-11)16(25-17)12-2-4-13(18)5-3-12/h2-9H,1H3,(H,20,22). The Morgan fingerprint density at radius 2 is 1.80 bits per heavy atom. The number of pyridine rings is 1. The summed E-state index contributed by atoms with van der Waals surface area (Å²) in [6.45, 7) is 1.28. The Kier molecular flexibility index (Phi) is 4.53. The fourth-order valence-corrected chi connectivity index (χ4v) is 3.67. The normalized spacial score (nSPS) is 10.5. The Morgan fingerprint density at radius 1 is 1.16 bits per heavy atom. The van der Waals surface area contributed by atoms with Crippen LogP contribution in [0.25, 0.3) is 21.6 Å². The van der Waals surface area contributed by atoms with Gasteiger partial charge in [0.15, 0.2) is 5.00 Å². The van der Waals surface area contributed by atoms with Gasteiger partial charge in [-0.05, 0) is 35.4 Å². The van der Waals surface area contributed by atoms with Crippen molar-refractivity contribution < 1.29 is 14.1 Å². The highest BCUT2D eigenvalue weighted by Gasteiger charge is 2.30. The number of hydrogen-bond donors (Lipinski definition) is 1. The highest BCUT2D eigenvalue weighted by atomic mass is 32.1. The fraction of sp³-hybridized carbons (Fsp3) is 0.0588. The minimum Gasteiger partial charge on any atom is -0.312 e. The van der Waals surface area contributed by atoms with E-state index in [-0.39, 0.29) is 10.7 Å². The number of nitrogens with zero attached hydrogens (tertiary/aromatic N) is 2. The average molecular weight is 357 g/mol. The molecule has 25 heavy (non-hydrogen) atoms. The van der Waals surface area contributed by atoms with Crippen molar-refractivity contribution in [1.82, 2.24) is 4.98 Å². The second-order valence-corrected chi connectivity index (χ2v) is 6.19. The third kappa shape index (κ3) is 3.38.